The summed E-state index contributed by atoms with van der Waals surface area (Å²) >= 11 is 0. The SMILES string of the molecule is CC1(C(=O)O)CCCCC1NC(=O)C1CCC(CN)CC1. The Labute approximate surface area is 126 Å². The molecule has 2 fully saturated rings. The molecule has 0 aromatic carbocycles. The Bertz CT molecular complexity index is 391. The van der Waals surface area contributed by atoms with Gasteiger partial charge in [0.05, 0.1) is 5.41 Å². The fourth-order valence-corrected chi connectivity index (χ4v) is 3.77. The van der Waals surface area contributed by atoms with Gasteiger partial charge in [0.1, 0.15) is 0 Å². The lowest BCUT2D eigenvalue weighted by Crippen LogP contribution is -2.53. The summed E-state index contributed by atoms with van der Waals surface area (Å²) in [5.41, 5.74) is 4.86. The van der Waals surface area contributed by atoms with Gasteiger partial charge in [-0.1, -0.05) is 12.8 Å². The van der Waals surface area contributed by atoms with E-state index in [-0.39, 0.29) is 17.9 Å². The molecular formula is C16H28N2O3. The number of aliphatic carboxylic acids is 1. The number of carboxylic acid groups (broad SMARTS) is 1. The van der Waals surface area contributed by atoms with Gasteiger partial charge in [-0.3, -0.25) is 9.59 Å². The monoisotopic (exact) mass is 296 g/mol. The number of rotatable bonds is 4. The van der Waals surface area contributed by atoms with Crippen LogP contribution in [-0.2, 0) is 9.59 Å². The highest BCUT2D eigenvalue weighted by Crippen LogP contribution is 2.37. The van der Waals surface area contributed by atoms with Crippen LogP contribution in [0, 0.1) is 17.3 Å². The quantitative estimate of drug-likeness (QED) is 0.738. The van der Waals surface area contributed by atoms with Crippen molar-refractivity contribution >= 4 is 11.9 Å². The second kappa shape index (κ2) is 6.77. The molecule has 120 valence electrons. The molecule has 2 aliphatic rings. The van der Waals surface area contributed by atoms with E-state index in [1.54, 1.807) is 6.92 Å². The van der Waals surface area contributed by atoms with E-state index in [1.807, 2.05) is 0 Å². The molecule has 2 rings (SSSR count). The standard InChI is InChI=1S/C16H28N2O3/c1-16(15(20)21)9-3-2-4-13(16)18-14(19)12-7-5-11(10-17)6-8-12/h11-13H,2-10,17H2,1H3,(H,18,19)(H,20,21). The summed E-state index contributed by atoms with van der Waals surface area (Å²) in [6, 6.07) is -0.233. The first-order valence-electron chi connectivity index (χ1n) is 8.21. The Morgan fingerprint density at radius 2 is 1.86 bits per heavy atom. The van der Waals surface area contributed by atoms with Crippen LogP contribution < -0.4 is 11.1 Å². The van der Waals surface area contributed by atoms with E-state index in [9.17, 15) is 14.7 Å². The number of carboxylic acids is 1. The molecule has 21 heavy (non-hydrogen) atoms. The van der Waals surface area contributed by atoms with Crippen molar-refractivity contribution in [2.24, 2.45) is 23.0 Å². The minimum Gasteiger partial charge on any atom is -0.481 e. The van der Waals surface area contributed by atoms with Gasteiger partial charge in [-0.2, -0.15) is 0 Å². The second-order valence-corrected chi connectivity index (χ2v) is 6.98. The summed E-state index contributed by atoms with van der Waals surface area (Å²) < 4.78 is 0. The maximum atomic E-state index is 12.4. The van der Waals surface area contributed by atoms with E-state index in [4.69, 9.17) is 5.73 Å². The van der Waals surface area contributed by atoms with Crippen molar-refractivity contribution in [2.45, 2.75) is 64.3 Å². The van der Waals surface area contributed by atoms with Gasteiger partial charge < -0.3 is 16.2 Å². The highest BCUT2D eigenvalue weighted by atomic mass is 16.4. The fourth-order valence-electron chi connectivity index (χ4n) is 3.77. The first-order chi connectivity index (χ1) is 9.97. The van der Waals surface area contributed by atoms with Crippen LogP contribution in [0.25, 0.3) is 0 Å². The molecule has 1 amide bonds. The average Bonchev–Trinajstić information content (AvgIpc) is 2.49. The summed E-state index contributed by atoms with van der Waals surface area (Å²) in [6.45, 7) is 2.47. The largest absolute Gasteiger partial charge is 0.481 e. The Hall–Kier alpha value is -1.10. The van der Waals surface area contributed by atoms with Crippen LogP contribution in [0.15, 0.2) is 0 Å². The molecule has 0 aromatic rings. The maximum absolute atomic E-state index is 12.4. The molecule has 4 N–H and O–H groups in total. The van der Waals surface area contributed by atoms with Crippen molar-refractivity contribution < 1.29 is 14.7 Å². The number of carbonyl (C=O) groups excluding carboxylic acids is 1. The first-order valence-corrected chi connectivity index (χ1v) is 8.21. The van der Waals surface area contributed by atoms with Gasteiger partial charge in [-0.25, -0.2) is 0 Å². The summed E-state index contributed by atoms with van der Waals surface area (Å²) in [7, 11) is 0. The van der Waals surface area contributed by atoms with Crippen molar-refractivity contribution in [2.75, 3.05) is 6.54 Å². The van der Waals surface area contributed by atoms with E-state index in [2.05, 4.69) is 5.32 Å². The predicted octanol–water partition coefficient (Wildman–Crippen LogP) is 1.90. The molecule has 5 nitrogen and oxygen atoms in total. The maximum Gasteiger partial charge on any atom is 0.311 e. The number of nitrogens with two attached hydrogens (primary N) is 1. The lowest BCUT2D eigenvalue weighted by molar-refractivity contribution is -0.152. The molecule has 0 bridgehead atoms. The molecule has 0 aromatic heterocycles. The van der Waals surface area contributed by atoms with Crippen LogP contribution in [0.1, 0.15) is 58.3 Å². The topological polar surface area (TPSA) is 92.4 Å². The normalized spacial score (nSPS) is 37.0. The van der Waals surface area contributed by atoms with E-state index >= 15 is 0 Å². The summed E-state index contributed by atoms with van der Waals surface area (Å²) in [5, 5.41) is 12.5. The van der Waals surface area contributed by atoms with Crippen molar-refractivity contribution in [1.82, 2.24) is 5.32 Å². The van der Waals surface area contributed by atoms with E-state index < -0.39 is 11.4 Å². The van der Waals surface area contributed by atoms with Gasteiger partial charge in [-0.15, -0.1) is 0 Å². The highest BCUT2D eigenvalue weighted by Gasteiger charge is 2.44. The molecule has 0 saturated heterocycles. The van der Waals surface area contributed by atoms with Crippen LogP contribution >= 0.6 is 0 Å². The van der Waals surface area contributed by atoms with Gasteiger partial charge in [0.2, 0.25) is 5.91 Å². The van der Waals surface area contributed by atoms with Crippen molar-refractivity contribution in [3.8, 4) is 0 Å². The molecule has 0 aliphatic heterocycles. The van der Waals surface area contributed by atoms with E-state index in [0.29, 0.717) is 18.9 Å². The zero-order chi connectivity index (χ0) is 15.5. The zero-order valence-corrected chi connectivity index (χ0v) is 12.9. The molecule has 2 aliphatic carbocycles. The predicted molar refractivity (Wildman–Crippen MR) is 80.6 cm³/mol. The van der Waals surface area contributed by atoms with Crippen LogP contribution in [0.4, 0.5) is 0 Å². The molecule has 2 atom stereocenters. The number of hydrogen-bond acceptors (Lipinski definition) is 3. The lowest BCUT2D eigenvalue weighted by atomic mass is 9.71. The Balaban J connectivity index is 1.93. The summed E-state index contributed by atoms with van der Waals surface area (Å²) in [6.07, 6.45) is 7.11. The molecule has 5 heteroatoms. The van der Waals surface area contributed by atoms with Gasteiger partial charge in [-0.05, 0) is 57.9 Å². The zero-order valence-electron chi connectivity index (χ0n) is 12.9. The van der Waals surface area contributed by atoms with Crippen LogP contribution in [0.3, 0.4) is 0 Å². The molecule has 0 radical (unpaired) electrons. The second-order valence-electron chi connectivity index (χ2n) is 6.98. The number of amides is 1. The molecule has 0 spiro atoms. The van der Waals surface area contributed by atoms with Gasteiger partial charge in [0.25, 0.3) is 0 Å². The third-order valence-corrected chi connectivity index (χ3v) is 5.56. The Morgan fingerprint density at radius 3 is 2.43 bits per heavy atom. The fraction of sp³-hybridized carbons (Fsp3) is 0.875. The van der Waals surface area contributed by atoms with Crippen LogP contribution in [0.2, 0.25) is 0 Å². The lowest BCUT2D eigenvalue weighted by Gasteiger charge is -2.39. The van der Waals surface area contributed by atoms with Crippen molar-refractivity contribution in [3.05, 3.63) is 0 Å². The van der Waals surface area contributed by atoms with E-state index in [1.165, 1.54) is 0 Å². The van der Waals surface area contributed by atoms with Crippen molar-refractivity contribution in [1.29, 1.82) is 0 Å². The third kappa shape index (κ3) is 3.57. The molecule has 2 saturated carbocycles. The van der Waals surface area contributed by atoms with Crippen LogP contribution in [0.5, 0.6) is 0 Å². The average molecular weight is 296 g/mol. The van der Waals surface area contributed by atoms with E-state index in [0.717, 1.165) is 44.9 Å². The highest BCUT2D eigenvalue weighted by molar-refractivity contribution is 5.81. The molecule has 0 heterocycles. The van der Waals surface area contributed by atoms with Crippen LogP contribution in [-0.4, -0.2) is 29.6 Å². The first kappa shape index (κ1) is 16.3. The third-order valence-electron chi connectivity index (χ3n) is 5.56. The van der Waals surface area contributed by atoms with Gasteiger partial charge >= 0.3 is 5.97 Å². The molecule has 2 unspecified atom stereocenters. The Morgan fingerprint density at radius 1 is 1.19 bits per heavy atom. The number of carbonyl (C=O) groups is 2. The summed E-state index contributed by atoms with van der Waals surface area (Å²) in [4.78, 5) is 24.0. The van der Waals surface area contributed by atoms with Gasteiger partial charge in [0.15, 0.2) is 0 Å². The Kier molecular flexibility index (Phi) is 5.25. The van der Waals surface area contributed by atoms with Crippen molar-refractivity contribution in [3.63, 3.8) is 0 Å². The van der Waals surface area contributed by atoms with Gasteiger partial charge in [0, 0.05) is 12.0 Å². The number of nitrogens with one attached hydrogen (secondary N) is 1. The smallest absolute Gasteiger partial charge is 0.311 e. The summed E-state index contributed by atoms with van der Waals surface area (Å²) in [5.74, 6) is -0.162. The minimum absolute atomic E-state index is 0.0350. The minimum atomic E-state index is -0.817. The molecular weight excluding hydrogens is 268 g/mol. The number of hydrogen-bond donors (Lipinski definition) is 3.